The Kier molecular flexibility index (Phi) is 5.00. The SMILES string of the molecule is COC(=O)/C(=C\c1cccc([N+](=O)[O-])c1)c1ccc([N+](=O)[O-])cc1. The Balaban J connectivity index is 2.48. The average Bonchev–Trinajstić information content (AvgIpc) is 2.59. The van der Waals surface area contributed by atoms with E-state index in [4.69, 9.17) is 4.74 Å². The monoisotopic (exact) mass is 328 g/mol. The van der Waals surface area contributed by atoms with Gasteiger partial charge in [0, 0.05) is 24.3 Å². The number of hydrogen-bond acceptors (Lipinski definition) is 6. The number of hydrogen-bond donors (Lipinski definition) is 0. The smallest absolute Gasteiger partial charge is 0.338 e. The fraction of sp³-hybridized carbons (Fsp3) is 0.0625. The minimum atomic E-state index is -0.657. The molecular formula is C16H12N2O6. The minimum Gasteiger partial charge on any atom is -0.465 e. The Bertz CT molecular complexity index is 827. The zero-order valence-corrected chi connectivity index (χ0v) is 12.5. The van der Waals surface area contributed by atoms with Crippen molar-refractivity contribution in [1.29, 1.82) is 0 Å². The van der Waals surface area contributed by atoms with Crippen molar-refractivity contribution in [3.8, 4) is 0 Å². The summed E-state index contributed by atoms with van der Waals surface area (Å²) in [7, 11) is 1.20. The van der Waals surface area contributed by atoms with Crippen LogP contribution in [0.2, 0.25) is 0 Å². The van der Waals surface area contributed by atoms with Crippen molar-refractivity contribution in [3.63, 3.8) is 0 Å². The molecule has 0 aromatic heterocycles. The van der Waals surface area contributed by atoms with E-state index in [0.717, 1.165) is 0 Å². The van der Waals surface area contributed by atoms with E-state index in [-0.39, 0.29) is 16.9 Å². The molecule has 0 atom stereocenters. The van der Waals surface area contributed by atoms with Crippen LogP contribution in [0.4, 0.5) is 11.4 Å². The first-order chi connectivity index (χ1) is 11.4. The van der Waals surface area contributed by atoms with Gasteiger partial charge in [0.1, 0.15) is 0 Å². The number of esters is 1. The first kappa shape index (κ1) is 16.8. The highest BCUT2D eigenvalue weighted by atomic mass is 16.6. The third-order valence-electron chi connectivity index (χ3n) is 3.19. The van der Waals surface area contributed by atoms with Crippen LogP contribution in [0.15, 0.2) is 48.5 Å². The molecule has 0 unspecified atom stereocenters. The van der Waals surface area contributed by atoms with E-state index in [0.29, 0.717) is 11.1 Å². The van der Waals surface area contributed by atoms with Crippen molar-refractivity contribution in [2.45, 2.75) is 0 Å². The van der Waals surface area contributed by atoms with Gasteiger partial charge in [0.25, 0.3) is 11.4 Å². The first-order valence-electron chi connectivity index (χ1n) is 6.71. The van der Waals surface area contributed by atoms with Gasteiger partial charge in [-0.25, -0.2) is 4.79 Å². The van der Waals surface area contributed by atoms with Gasteiger partial charge < -0.3 is 4.74 Å². The number of ether oxygens (including phenoxy) is 1. The molecule has 0 aliphatic carbocycles. The van der Waals surface area contributed by atoms with Gasteiger partial charge in [-0.2, -0.15) is 0 Å². The number of carbonyl (C=O) groups is 1. The highest BCUT2D eigenvalue weighted by Crippen LogP contribution is 2.24. The summed E-state index contributed by atoms with van der Waals surface area (Å²) in [6.45, 7) is 0. The van der Waals surface area contributed by atoms with E-state index in [2.05, 4.69) is 0 Å². The molecule has 8 nitrogen and oxygen atoms in total. The normalized spacial score (nSPS) is 11.0. The van der Waals surface area contributed by atoms with Crippen LogP contribution in [0.5, 0.6) is 0 Å². The van der Waals surface area contributed by atoms with Crippen LogP contribution in [-0.4, -0.2) is 22.9 Å². The quantitative estimate of drug-likeness (QED) is 0.274. The largest absolute Gasteiger partial charge is 0.465 e. The molecule has 2 aromatic carbocycles. The number of nitrogens with zero attached hydrogens (tertiary/aromatic N) is 2. The molecule has 0 saturated carbocycles. The second-order valence-corrected chi connectivity index (χ2v) is 4.71. The second kappa shape index (κ2) is 7.14. The topological polar surface area (TPSA) is 113 Å². The fourth-order valence-corrected chi connectivity index (χ4v) is 2.03. The van der Waals surface area contributed by atoms with Crippen molar-refractivity contribution in [2.24, 2.45) is 0 Å². The summed E-state index contributed by atoms with van der Waals surface area (Å²) in [5, 5.41) is 21.5. The van der Waals surface area contributed by atoms with Crippen molar-refractivity contribution in [2.75, 3.05) is 7.11 Å². The summed E-state index contributed by atoms with van der Waals surface area (Å²) in [6, 6.07) is 11.1. The fourth-order valence-electron chi connectivity index (χ4n) is 2.03. The van der Waals surface area contributed by atoms with Gasteiger partial charge in [-0.3, -0.25) is 20.2 Å². The lowest BCUT2D eigenvalue weighted by atomic mass is 10.0. The van der Waals surface area contributed by atoms with E-state index < -0.39 is 15.8 Å². The molecule has 0 aliphatic rings. The van der Waals surface area contributed by atoms with Crippen molar-refractivity contribution in [3.05, 3.63) is 79.9 Å². The average molecular weight is 328 g/mol. The van der Waals surface area contributed by atoms with Crippen molar-refractivity contribution >= 4 is 29.0 Å². The van der Waals surface area contributed by atoms with Gasteiger partial charge in [-0.1, -0.05) is 12.1 Å². The van der Waals surface area contributed by atoms with E-state index in [1.807, 2.05) is 0 Å². The number of methoxy groups -OCH3 is 1. The van der Waals surface area contributed by atoms with Crippen LogP contribution in [0.25, 0.3) is 11.6 Å². The van der Waals surface area contributed by atoms with Gasteiger partial charge in [0.05, 0.1) is 22.5 Å². The molecule has 0 bridgehead atoms. The molecule has 0 spiro atoms. The zero-order valence-electron chi connectivity index (χ0n) is 12.5. The molecule has 0 heterocycles. The summed E-state index contributed by atoms with van der Waals surface area (Å²) >= 11 is 0. The van der Waals surface area contributed by atoms with Crippen LogP contribution in [0.1, 0.15) is 11.1 Å². The van der Waals surface area contributed by atoms with E-state index in [1.54, 1.807) is 6.07 Å². The number of non-ortho nitro benzene ring substituents is 2. The molecule has 2 rings (SSSR count). The Labute approximate surface area is 136 Å². The number of nitro groups is 2. The van der Waals surface area contributed by atoms with E-state index in [1.165, 1.54) is 55.7 Å². The van der Waals surface area contributed by atoms with Crippen LogP contribution in [0, 0.1) is 20.2 Å². The molecule has 8 heteroatoms. The first-order valence-corrected chi connectivity index (χ1v) is 6.71. The molecule has 122 valence electrons. The lowest BCUT2D eigenvalue weighted by Gasteiger charge is -2.06. The second-order valence-electron chi connectivity index (χ2n) is 4.71. The number of carbonyl (C=O) groups excluding carboxylic acids is 1. The van der Waals surface area contributed by atoms with Crippen LogP contribution >= 0.6 is 0 Å². The van der Waals surface area contributed by atoms with Gasteiger partial charge in [0.15, 0.2) is 0 Å². The van der Waals surface area contributed by atoms with Crippen molar-refractivity contribution < 1.29 is 19.4 Å². The van der Waals surface area contributed by atoms with Gasteiger partial charge >= 0.3 is 5.97 Å². The molecule has 0 radical (unpaired) electrons. The number of nitro benzene ring substituents is 2. The Morgan fingerprint density at radius 2 is 1.62 bits per heavy atom. The molecule has 24 heavy (non-hydrogen) atoms. The summed E-state index contributed by atoms with van der Waals surface area (Å²) in [5.41, 5.74) is 0.741. The third-order valence-corrected chi connectivity index (χ3v) is 3.19. The molecular weight excluding hydrogens is 316 g/mol. The maximum absolute atomic E-state index is 12.0. The highest BCUT2D eigenvalue weighted by molar-refractivity contribution is 6.21. The number of benzene rings is 2. The zero-order chi connectivity index (χ0) is 17.7. The van der Waals surface area contributed by atoms with Crippen LogP contribution in [0.3, 0.4) is 0 Å². The molecule has 0 aliphatic heterocycles. The molecule has 0 N–H and O–H groups in total. The molecule has 0 fully saturated rings. The Hall–Kier alpha value is -3.55. The summed E-state index contributed by atoms with van der Waals surface area (Å²) in [4.78, 5) is 32.4. The Morgan fingerprint density at radius 3 is 2.17 bits per heavy atom. The predicted octanol–water partition coefficient (Wildman–Crippen LogP) is 3.22. The number of rotatable bonds is 5. The maximum Gasteiger partial charge on any atom is 0.338 e. The maximum atomic E-state index is 12.0. The lowest BCUT2D eigenvalue weighted by molar-refractivity contribution is -0.385. The van der Waals surface area contributed by atoms with Crippen molar-refractivity contribution in [1.82, 2.24) is 0 Å². The van der Waals surface area contributed by atoms with Crippen LogP contribution in [-0.2, 0) is 9.53 Å². The summed E-state index contributed by atoms with van der Waals surface area (Å²) in [6.07, 6.45) is 1.43. The van der Waals surface area contributed by atoms with Gasteiger partial charge in [-0.15, -0.1) is 0 Å². The standard InChI is InChI=1S/C16H12N2O6/c1-24-16(19)15(12-5-7-13(8-6-12)17(20)21)10-11-3-2-4-14(9-11)18(22)23/h2-10H,1H3/b15-10-. The molecule has 0 amide bonds. The third kappa shape index (κ3) is 3.80. The van der Waals surface area contributed by atoms with Crippen LogP contribution < -0.4 is 0 Å². The van der Waals surface area contributed by atoms with E-state index in [9.17, 15) is 25.0 Å². The Morgan fingerprint density at radius 1 is 1.00 bits per heavy atom. The minimum absolute atomic E-state index is 0.113. The molecule has 2 aromatic rings. The highest BCUT2D eigenvalue weighted by Gasteiger charge is 2.15. The summed E-state index contributed by atoms with van der Waals surface area (Å²) < 4.78 is 4.72. The van der Waals surface area contributed by atoms with E-state index >= 15 is 0 Å². The predicted molar refractivity (Wildman–Crippen MR) is 86.1 cm³/mol. The van der Waals surface area contributed by atoms with Gasteiger partial charge in [-0.05, 0) is 29.3 Å². The molecule has 0 saturated heterocycles. The lowest BCUT2D eigenvalue weighted by Crippen LogP contribution is -2.04. The summed E-state index contributed by atoms with van der Waals surface area (Å²) in [5.74, 6) is -0.657. The van der Waals surface area contributed by atoms with Gasteiger partial charge in [0.2, 0.25) is 0 Å².